The first-order valence-corrected chi connectivity index (χ1v) is 10.7. The van der Waals surface area contributed by atoms with Gasteiger partial charge in [-0.05, 0) is 55.4 Å². The van der Waals surface area contributed by atoms with Crippen LogP contribution in [0.15, 0.2) is 54.7 Å². The van der Waals surface area contributed by atoms with Crippen LogP contribution in [0.3, 0.4) is 0 Å². The summed E-state index contributed by atoms with van der Waals surface area (Å²) in [6.45, 7) is 0.850. The van der Waals surface area contributed by atoms with Gasteiger partial charge < -0.3 is 5.32 Å². The number of nitrogens with zero attached hydrogens (tertiary/aromatic N) is 3. The summed E-state index contributed by atoms with van der Waals surface area (Å²) in [5.74, 6) is 1.66. The second-order valence-electron chi connectivity index (χ2n) is 7.16. The number of rotatable bonds is 5. The molecule has 28 heavy (non-hydrogen) atoms. The Bertz CT molecular complexity index is 1090. The third-order valence-electron chi connectivity index (χ3n) is 5.26. The molecule has 0 amide bonds. The van der Waals surface area contributed by atoms with Crippen molar-refractivity contribution in [2.45, 2.75) is 32.1 Å². The molecule has 1 aromatic carbocycles. The number of anilines is 1. The zero-order valence-electron chi connectivity index (χ0n) is 15.7. The minimum absolute atomic E-state index is 0.703. The first kappa shape index (κ1) is 17.3. The number of benzene rings is 1. The topological polar surface area (TPSA) is 50.7 Å². The van der Waals surface area contributed by atoms with Crippen LogP contribution < -0.4 is 5.32 Å². The largest absolute Gasteiger partial charge is 0.369 e. The zero-order valence-corrected chi connectivity index (χ0v) is 16.5. The molecule has 3 aromatic heterocycles. The molecular formula is C23H22N4S. The fraction of sp³-hybridized carbons (Fsp3) is 0.261. The number of hydrogen-bond donors (Lipinski definition) is 1. The highest BCUT2D eigenvalue weighted by atomic mass is 32.1. The maximum Gasteiger partial charge on any atom is 0.181 e. The minimum atomic E-state index is 0.703. The van der Waals surface area contributed by atoms with E-state index in [2.05, 4.69) is 40.6 Å². The van der Waals surface area contributed by atoms with Crippen LogP contribution in [0.2, 0.25) is 0 Å². The van der Waals surface area contributed by atoms with Gasteiger partial charge in [0.05, 0.1) is 5.39 Å². The number of fused-ring (bicyclic) bond motifs is 3. The van der Waals surface area contributed by atoms with Gasteiger partial charge in [0.2, 0.25) is 0 Å². The molecule has 1 aliphatic carbocycles. The molecule has 140 valence electrons. The van der Waals surface area contributed by atoms with Crippen LogP contribution in [-0.4, -0.2) is 21.5 Å². The highest BCUT2D eigenvalue weighted by molar-refractivity contribution is 7.19. The molecule has 0 saturated carbocycles. The second kappa shape index (κ2) is 7.68. The Morgan fingerprint density at radius 3 is 2.64 bits per heavy atom. The summed E-state index contributed by atoms with van der Waals surface area (Å²) in [6, 6.07) is 16.5. The van der Waals surface area contributed by atoms with E-state index in [4.69, 9.17) is 9.97 Å². The zero-order chi connectivity index (χ0) is 18.8. The van der Waals surface area contributed by atoms with E-state index >= 15 is 0 Å². The smallest absolute Gasteiger partial charge is 0.181 e. The van der Waals surface area contributed by atoms with E-state index in [1.165, 1.54) is 40.7 Å². The summed E-state index contributed by atoms with van der Waals surface area (Å²) in [5.41, 5.74) is 3.61. The van der Waals surface area contributed by atoms with Gasteiger partial charge in [-0.1, -0.05) is 36.4 Å². The van der Waals surface area contributed by atoms with Crippen molar-refractivity contribution in [2.75, 3.05) is 11.9 Å². The lowest BCUT2D eigenvalue weighted by molar-refractivity contribution is 0.700. The molecule has 5 heteroatoms. The summed E-state index contributed by atoms with van der Waals surface area (Å²) in [7, 11) is 0. The van der Waals surface area contributed by atoms with Crippen LogP contribution in [-0.2, 0) is 19.3 Å². The molecule has 0 bridgehead atoms. The molecule has 0 aliphatic heterocycles. The van der Waals surface area contributed by atoms with E-state index in [0.29, 0.717) is 5.82 Å². The van der Waals surface area contributed by atoms with Crippen molar-refractivity contribution in [3.63, 3.8) is 0 Å². The van der Waals surface area contributed by atoms with Crippen molar-refractivity contribution in [2.24, 2.45) is 0 Å². The lowest BCUT2D eigenvalue weighted by Crippen LogP contribution is -2.09. The lowest BCUT2D eigenvalue weighted by Gasteiger charge is -2.13. The van der Waals surface area contributed by atoms with Gasteiger partial charge in [-0.2, -0.15) is 0 Å². The SMILES string of the molecule is c1ccc(CCNc2nc(-c3ccccn3)nc3sc4c(c23)CCCC4)cc1. The van der Waals surface area contributed by atoms with E-state index in [1.807, 2.05) is 29.5 Å². The molecule has 0 atom stereocenters. The summed E-state index contributed by atoms with van der Waals surface area (Å²) in [6.07, 6.45) is 7.59. The monoisotopic (exact) mass is 386 g/mol. The van der Waals surface area contributed by atoms with Gasteiger partial charge in [-0.3, -0.25) is 4.98 Å². The highest BCUT2D eigenvalue weighted by Gasteiger charge is 2.21. The molecule has 0 radical (unpaired) electrons. The van der Waals surface area contributed by atoms with Crippen LogP contribution >= 0.6 is 11.3 Å². The van der Waals surface area contributed by atoms with E-state index in [-0.39, 0.29) is 0 Å². The minimum Gasteiger partial charge on any atom is -0.369 e. The van der Waals surface area contributed by atoms with Crippen molar-refractivity contribution >= 4 is 27.4 Å². The average Bonchev–Trinajstić information content (AvgIpc) is 3.14. The Kier molecular flexibility index (Phi) is 4.75. The van der Waals surface area contributed by atoms with Crippen LogP contribution in [0.25, 0.3) is 21.7 Å². The maximum atomic E-state index is 4.90. The van der Waals surface area contributed by atoms with Crippen molar-refractivity contribution in [1.82, 2.24) is 15.0 Å². The first-order chi connectivity index (χ1) is 13.9. The Balaban J connectivity index is 1.53. The molecule has 1 aliphatic rings. The number of nitrogens with one attached hydrogen (secondary N) is 1. The van der Waals surface area contributed by atoms with Crippen LogP contribution in [0.4, 0.5) is 5.82 Å². The Morgan fingerprint density at radius 2 is 1.79 bits per heavy atom. The van der Waals surface area contributed by atoms with Crippen LogP contribution in [0, 0.1) is 0 Å². The average molecular weight is 387 g/mol. The molecule has 4 nitrogen and oxygen atoms in total. The Morgan fingerprint density at radius 1 is 0.929 bits per heavy atom. The molecule has 0 spiro atoms. The van der Waals surface area contributed by atoms with E-state index in [1.54, 1.807) is 6.20 Å². The lowest BCUT2D eigenvalue weighted by atomic mass is 9.97. The van der Waals surface area contributed by atoms with Gasteiger partial charge in [-0.15, -0.1) is 11.3 Å². The number of aryl methyl sites for hydroxylation is 2. The molecule has 5 rings (SSSR count). The van der Waals surface area contributed by atoms with Crippen molar-refractivity contribution in [1.29, 1.82) is 0 Å². The third kappa shape index (κ3) is 3.38. The fourth-order valence-corrected chi connectivity index (χ4v) is 5.13. The van der Waals surface area contributed by atoms with Crippen molar-refractivity contribution in [3.05, 3.63) is 70.7 Å². The van der Waals surface area contributed by atoms with Gasteiger partial charge in [0, 0.05) is 17.6 Å². The predicted molar refractivity (Wildman–Crippen MR) is 116 cm³/mol. The predicted octanol–water partition coefficient (Wildman–Crippen LogP) is 5.29. The van der Waals surface area contributed by atoms with Crippen LogP contribution in [0.1, 0.15) is 28.8 Å². The number of aromatic nitrogens is 3. The fourth-order valence-electron chi connectivity index (χ4n) is 3.86. The van der Waals surface area contributed by atoms with Gasteiger partial charge >= 0.3 is 0 Å². The normalized spacial score (nSPS) is 13.4. The molecule has 3 heterocycles. The van der Waals surface area contributed by atoms with E-state index in [9.17, 15) is 0 Å². The van der Waals surface area contributed by atoms with E-state index in [0.717, 1.165) is 35.7 Å². The third-order valence-corrected chi connectivity index (χ3v) is 6.44. The molecule has 0 unspecified atom stereocenters. The second-order valence-corrected chi connectivity index (χ2v) is 8.25. The van der Waals surface area contributed by atoms with Gasteiger partial charge in [-0.25, -0.2) is 9.97 Å². The Labute approximate surface area is 168 Å². The standard InChI is InChI=1S/C23H22N4S/c1-2-8-16(9-3-1)13-15-25-22-20-17-10-4-5-12-19(17)28-23(20)27-21(26-22)18-11-6-7-14-24-18/h1-3,6-9,11,14H,4-5,10,12-13,15H2,(H,25,26,27). The Hall–Kier alpha value is -2.79. The maximum absolute atomic E-state index is 4.90. The molecule has 0 saturated heterocycles. The molecule has 4 aromatic rings. The van der Waals surface area contributed by atoms with Gasteiger partial charge in [0.1, 0.15) is 16.3 Å². The number of thiophene rings is 1. The van der Waals surface area contributed by atoms with Crippen molar-refractivity contribution < 1.29 is 0 Å². The highest BCUT2D eigenvalue weighted by Crippen LogP contribution is 2.39. The summed E-state index contributed by atoms with van der Waals surface area (Å²) < 4.78 is 0. The van der Waals surface area contributed by atoms with E-state index < -0.39 is 0 Å². The quantitative estimate of drug-likeness (QED) is 0.506. The molecule has 1 N–H and O–H groups in total. The number of hydrogen-bond acceptors (Lipinski definition) is 5. The number of pyridine rings is 1. The van der Waals surface area contributed by atoms with Gasteiger partial charge in [0.15, 0.2) is 5.82 Å². The summed E-state index contributed by atoms with van der Waals surface area (Å²) in [4.78, 5) is 16.8. The first-order valence-electron chi connectivity index (χ1n) is 9.90. The summed E-state index contributed by atoms with van der Waals surface area (Å²) in [5, 5.41) is 4.84. The summed E-state index contributed by atoms with van der Waals surface area (Å²) >= 11 is 1.83. The van der Waals surface area contributed by atoms with Crippen LogP contribution in [0.5, 0.6) is 0 Å². The van der Waals surface area contributed by atoms with Gasteiger partial charge in [0.25, 0.3) is 0 Å². The van der Waals surface area contributed by atoms with Crippen molar-refractivity contribution in [3.8, 4) is 11.5 Å². The molecular weight excluding hydrogens is 364 g/mol. The molecule has 0 fully saturated rings.